The molecule has 2 unspecified atom stereocenters. The molecule has 2 fully saturated rings. The Morgan fingerprint density at radius 2 is 2.16 bits per heavy atom. The van der Waals surface area contributed by atoms with Gasteiger partial charge in [-0.05, 0) is 44.4 Å². The molecule has 1 saturated carbocycles. The molecule has 0 spiro atoms. The van der Waals surface area contributed by atoms with Crippen LogP contribution < -0.4 is 0 Å². The van der Waals surface area contributed by atoms with Crippen LogP contribution in [0.25, 0.3) is 0 Å². The maximum Gasteiger partial charge on any atom is 0.337 e. The third-order valence-electron chi connectivity index (χ3n) is 4.99. The van der Waals surface area contributed by atoms with E-state index in [1.807, 2.05) is 6.07 Å². The molecule has 2 aliphatic heterocycles. The molecule has 0 radical (unpaired) electrons. The van der Waals surface area contributed by atoms with Gasteiger partial charge >= 0.3 is 5.97 Å². The first kappa shape index (κ1) is 11.4. The quantitative estimate of drug-likeness (QED) is 0.884. The van der Waals surface area contributed by atoms with Gasteiger partial charge in [0.15, 0.2) is 0 Å². The molecule has 1 saturated heterocycles. The fourth-order valence-corrected chi connectivity index (χ4v) is 3.73. The van der Waals surface area contributed by atoms with E-state index >= 15 is 0 Å². The Balaban J connectivity index is 1.87. The van der Waals surface area contributed by atoms with Gasteiger partial charge < -0.3 is 5.11 Å². The van der Waals surface area contributed by atoms with Gasteiger partial charge in [-0.15, -0.1) is 0 Å². The Morgan fingerprint density at radius 3 is 2.84 bits per heavy atom. The zero-order valence-electron chi connectivity index (χ0n) is 11.1. The van der Waals surface area contributed by atoms with E-state index < -0.39 is 5.97 Å². The SMILES string of the molecule is CN1C2CCC1c1cc(C(=O)O)c(C3CC3)nc1C2. The lowest BCUT2D eigenvalue weighted by Crippen LogP contribution is -2.35. The lowest BCUT2D eigenvalue weighted by Gasteiger charge is -2.33. The largest absolute Gasteiger partial charge is 0.478 e. The molecule has 100 valence electrons. The van der Waals surface area contributed by atoms with Crippen LogP contribution in [0.2, 0.25) is 0 Å². The molecule has 3 aliphatic rings. The van der Waals surface area contributed by atoms with E-state index in [-0.39, 0.29) is 0 Å². The number of nitrogens with zero attached hydrogens (tertiary/aromatic N) is 2. The van der Waals surface area contributed by atoms with E-state index in [9.17, 15) is 9.90 Å². The van der Waals surface area contributed by atoms with Crippen molar-refractivity contribution in [2.75, 3.05) is 7.05 Å². The van der Waals surface area contributed by atoms with Crippen molar-refractivity contribution >= 4 is 5.97 Å². The second-order valence-corrected chi connectivity index (χ2v) is 6.15. The number of carboxylic acid groups (broad SMARTS) is 1. The molecular formula is C15H18N2O2. The van der Waals surface area contributed by atoms with Crippen LogP contribution in [0.3, 0.4) is 0 Å². The van der Waals surface area contributed by atoms with Gasteiger partial charge in [-0.1, -0.05) is 0 Å². The van der Waals surface area contributed by atoms with Gasteiger partial charge in [0.2, 0.25) is 0 Å². The van der Waals surface area contributed by atoms with Crippen molar-refractivity contribution in [3.63, 3.8) is 0 Å². The van der Waals surface area contributed by atoms with E-state index in [0.717, 1.165) is 42.6 Å². The topological polar surface area (TPSA) is 53.4 Å². The van der Waals surface area contributed by atoms with Gasteiger partial charge in [0.25, 0.3) is 0 Å². The first-order chi connectivity index (χ1) is 9.15. The van der Waals surface area contributed by atoms with Gasteiger partial charge in [-0.3, -0.25) is 9.88 Å². The number of carboxylic acids is 1. The van der Waals surface area contributed by atoms with Crippen molar-refractivity contribution in [3.05, 3.63) is 28.6 Å². The van der Waals surface area contributed by atoms with E-state index in [4.69, 9.17) is 4.98 Å². The molecular weight excluding hydrogens is 240 g/mol. The Bertz CT molecular complexity index is 566. The average molecular weight is 258 g/mol. The third-order valence-corrected chi connectivity index (χ3v) is 4.99. The zero-order valence-corrected chi connectivity index (χ0v) is 11.1. The molecule has 4 rings (SSSR count). The monoisotopic (exact) mass is 258 g/mol. The summed E-state index contributed by atoms with van der Waals surface area (Å²) >= 11 is 0. The molecule has 1 N–H and O–H groups in total. The predicted octanol–water partition coefficient (Wildman–Crippen LogP) is 2.35. The fourth-order valence-electron chi connectivity index (χ4n) is 3.73. The maximum atomic E-state index is 11.5. The van der Waals surface area contributed by atoms with E-state index in [0.29, 0.717) is 23.6 Å². The summed E-state index contributed by atoms with van der Waals surface area (Å²) in [5.41, 5.74) is 3.62. The summed E-state index contributed by atoms with van der Waals surface area (Å²) < 4.78 is 0. The van der Waals surface area contributed by atoms with Crippen LogP contribution in [0.4, 0.5) is 0 Å². The highest BCUT2D eigenvalue weighted by atomic mass is 16.4. The molecule has 1 aromatic rings. The second-order valence-electron chi connectivity index (χ2n) is 6.15. The van der Waals surface area contributed by atoms with Crippen LogP contribution in [0.1, 0.15) is 65.0 Å². The maximum absolute atomic E-state index is 11.5. The molecule has 0 amide bonds. The van der Waals surface area contributed by atoms with Crippen molar-refractivity contribution in [2.24, 2.45) is 0 Å². The lowest BCUT2D eigenvalue weighted by atomic mass is 9.95. The van der Waals surface area contributed by atoms with Crippen molar-refractivity contribution in [1.29, 1.82) is 0 Å². The molecule has 4 heteroatoms. The Labute approximate surface area is 112 Å². The highest BCUT2D eigenvalue weighted by Crippen LogP contribution is 2.46. The number of aromatic carboxylic acids is 1. The number of hydrogen-bond acceptors (Lipinski definition) is 3. The molecule has 19 heavy (non-hydrogen) atoms. The van der Waals surface area contributed by atoms with Crippen LogP contribution in [-0.2, 0) is 6.42 Å². The normalized spacial score (nSPS) is 29.3. The minimum absolute atomic E-state index is 0.382. The first-order valence-electron chi connectivity index (χ1n) is 7.14. The van der Waals surface area contributed by atoms with Crippen molar-refractivity contribution in [2.45, 2.75) is 50.1 Å². The van der Waals surface area contributed by atoms with Crippen LogP contribution in [-0.4, -0.2) is 34.0 Å². The average Bonchev–Trinajstić information content (AvgIpc) is 3.18. The number of pyridine rings is 1. The van der Waals surface area contributed by atoms with E-state index in [1.165, 1.54) is 6.42 Å². The van der Waals surface area contributed by atoms with Crippen LogP contribution in [0.15, 0.2) is 6.07 Å². The summed E-state index contributed by atoms with van der Waals surface area (Å²) in [5.74, 6) is -0.423. The number of aromatic nitrogens is 1. The lowest BCUT2D eigenvalue weighted by molar-refractivity contribution is 0.0694. The third kappa shape index (κ3) is 1.62. The smallest absolute Gasteiger partial charge is 0.337 e. The van der Waals surface area contributed by atoms with Crippen LogP contribution in [0, 0.1) is 0 Å². The zero-order chi connectivity index (χ0) is 13.1. The highest BCUT2D eigenvalue weighted by Gasteiger charge is 2.40. The van der Waals surface area contributed by atoms with E-state index in [1.54, 1.807) is 0 Å². The summed E-state index contributed by atoms with van der Waals surface area (Å²) in [4.78, 5) is 18.6. The van der Waals surface area contributed by atoms with Crippen molar-refractivity contribution < 1.29 is 9.90 Å². The minimum atomic E-state index is -0.819. The molecule has 2 bridgehead atoms. The first-order valence-corrected chi connectivity index (χ1v) is 7.14. The molecule has 1 aliphatic carbocycles. The molecule has 4 nitrogen and oxygen atoms in total. The summed E-state index contributed by atoms with van der Waals surface area (Å²) in [5, 5.41) is 9.43. The molecule has 1 aromatic heterocycles. The summed E-state index contributed by atoms with van der Waals surface area (Å²) in [6, 6.07) is 2.90. The van der Waals surface area contributed by atoms with Crippen LogP contribution >= 0.6 is 0 Å². The van der Waals surface area contributed by atoms with Crippen molar-refractivity contribution in [3.8, 4) is 0 Å². The number of rotatable bonds is 2. The van der Waals surface area contributed by atoms with E-state index in [2.05, 4.69) is 11.9 Å². The molecule has 0 aromatic carbocycles. The molecule has 3 heterocycles. The summed E-state index contributed by atoms with van der Waals surface area (Å²) in [6.07, 6.45) is 5.52. The van der Waals surface area contributed by atoms with Crippen LogP contribution in [0.5, 0.6) is 0 Å². The van der Waals surface area contributed by atoms with Crippen molar-refractivity contribution in [1.82, 2.24) is 9.88 Å². The summed E-state index contributed by atoms with van der Waals surface area (Å²) in [6.45, 7) is 0. The Kier molecular flexibility index (Phi) is 2.28. The predicted molar refractivity (Wildman–Crippen MR) is 70.4 cm³/mol. The number of carbonyl (C=O) groups is 1. The fraction of sp³-hybridized carbons (Fsp3) is 0.600. The number of fused-ring (bicyclic) bond motifs is 4. The van der Waals surface area contributed by atoms with Gasteiger partial charge in [-0.25, -0.2) is 4.79 Å². The Morgan fingerprint density at radius 1 is 1.37 bits per heavy atom. The van der Waals surface area contributed by atoms with Gasteiger partial charge in [0, 0.05) is 30.1 Å². The van der Waals surface area contributed by atoms with Gasteiger partial charge in [-0.2, -0.15) is 0 Å². The Hall–Kier alpha value is -1.42. The molecule has 2 atom stereocenters. The standard InChI is InChI=1S/C15H18N2O2/c1-17-9-4-5-13(17)10-7-11(15(18)19)14(8-2-3-8)16-12(10)6-9/h7-9,13H,2-6H2,1H3,(H,18,19). The highest BCUT2D eigenvalue weighted by molar-refractivity contribution is 5.89. The van der Waals surface area contributed by atoms with Gasteiger partial charge in [0.1, 0.15) is 0 Å². The van der Waals surface area contributed by atoms with Gasteiger partial charge in [0.05, 0.1) is 11.3 Å². The summed E-state index contributed by atoms with van der Waals surface area (Å²) in [7, 11) is 2.15. The number of likely N-dealkylation sites (N-methyl/N-ethyl adjacent to an activating group) is 1. The second kappa shape index (κ2) is 3.79. The minimum Gasteiger partial charge on any atom is -0.478 e. The number of hydrogen-bond donors (Lipinski definition) is 1.